The van der Waals surface area contributed by atoms with Crippen LogP contribution in [-0.2, 0) is 26.2 Å². The Kier molecular flexibility index (Phi) is 10.8. The average molecular weight is 582 g/mol. The van der Waals surface area contributed by atoms with Crippen LogP contribution in [0, 0.1) is 12.8 Å². The normalized spacial score (nSPS) is 12.0. The second-order valence-electron chi connectivity index (χ2n) is 10.2. The number of hydrogen-bond donors (Lipinski definition) is 1. The van der Waals surface area contributed by atoms with E-state index in [2.05, 4.69) is 5.32 Å². The van der Waals surface area contributed by atoms with Crippen molar-refractivity contribution in [3.8, 4) is 11.5 Å². The van der Waals surface area contributed by atoms with E-state index in [0.717, 1.165) is 15.4 Å². The van der Waals surface area contributed by atoms with Gasteiger partial charge in [0.1, 0.15) is 24.1 Å². The summed E-state index contributed by atoms with van der Waals surface area (Å²) in [7, 11) is -1.35. The Bertz CT molecular complexity index is 1440. The molecule has 0 spiro atoms. The summed E-state index contributed by atoms with van der Waals surface area (Å²) in [6, 6.07) is 19.4. The Hall–Kier alpha value is -4.05. The Morgan fingerprint density at radius 3 is 2.22 bits per heavy atom. The van der Waals surface area contributed by atoms with Crippen LogP contribution in [0.3, 0.4) is 0 Å². The van der Waals surface area contributed by atoms with E-state index >= 15 is 0 Å². The fourth-order valence-corrected chi connectivity index (χ4v) is 5.70. The molecule has 220 valence electrons. The van der Waals surface area contributed by atoms with Crippen LogP contribution in [-0.4, -0.2) is 58.5 Å². The van der Waals surface area contributed by atoms with Gasteiger partial charge in [0.05, 0.1) is 24.8 Å². The lowest BCUT2D eigenvalue weighted by atomic mass is 10.1. The number of aryl methyl sites for hydroxylation is 1. The van der Waals surface area contributed by atoms with Crippen molar-refractivity contribution in [1.82, 2.24) is 10.2 Å². The summed E-state index contributed by atoms with van der Waals surface area (Å²) in [6.45, 7) is 7.54. The largest absolute Gasteiger partial charge is 0.497 e. The van der Waals surface area contributed by atoms with Gasteiger partial charge in [0, 0.05) is 19.2 Å². The third kappa shape index (κ3) is 8.00. The second-order valence-corrected chi connectivity index (χ2v) is 12.1. The third-order valence-electron chi connectivity index (χ3n) is 6.55. The molecule has 0 saturated heterocycles. The minimum absolute atomic E-state index is 0.00521. The molecule has 1 atom stereocenters. The first-order valence-electron chi connectivity index (χ1n) is 13.4. The van der Waals surface area contributed by atoms with Crippen LogP contribution in [0.1, 0.15) is 31.9 Å². The van der Waals surface area contributed by atoms with Gasteiger partial charge < -0.3 is 19.7 Å². The SMILES string of the molecule is COc1ccc(OC)c(N(CC(=O)N(Cc2cccc(C)c2)C(C)C(=O)NCC(C)C)S(=O)(=O)c2ccccc2)c1. The molecular formula is C31H39N3O6S. The molecular weight excluding hydrogens is 542 g/mol. The quantitative estimate of drug-likeness (QED) is 0.321. The Balaban J connectivity index is 2.09. The molecule has 3 aromatic rings. The van der Waals surface area contributed by atoms with E-state index in [1.165, 1.54) is 37.3 Å². The van der Waals surface area contributed by atoms with Crippen molar-refractivity contribution in [2.75, 3.05) is 31.6 Å². The lowest BCUT2D eigenvalue weighted by Gasteiger charge is -2.32. The van der Waals surface area contributed by atoms with Crippen molar-refractivity contribution in [3.63, 3.8) is 0 Å². The predicted octanol–water partition coefficient (Wildman–Crippen LogP) is 4.40. The Morgan fingerprint density at radius 1 is 0.902 bits per heavy atom. The second kappa shape index (κ2) is 14.0. The van der Waals surface area contributed by atoms with E-state index in [1.807, 2.05) is 45.0 Å². The monoisotopic (exact) mass is 581 g/mol. The van der Waals surface area contributed by atoms with Gasteiger partial charge in [-0.05, 0) is 49.6 Å². The van der Waals surface area contributed by atoms with Gasteiger partial charge in [-0.2, -0.15) is 0 Å². The highest BCUT2D eigenvalue weighted by molar-refractivity contribution is 7.92. The molecule has 3 aromatic carbocycles. The zero-order valence-corrected chi connectivity index (χ0v) is 25.3. The summed E-state index contributed by atoms with van der Waals surface area (Å²) in [5, 5.41) is 2.89. The number of carbonyl (C=O) groups is 2. The van der Waals surface area contributed by atoms with Crippen LogP contribution in [0.5, 0.6) is 11.5 Å². The molecule has 0 aliphatic rings. The molecule has 0 aromatic heterocycles. The van der Waals surface area contributed by atoms with Crippen molar-refractivity contribution < 1.29 is 27.5 Å². The molecule has 3 rings (SSSR count). The first-order chi connectivity index (χ1) is 19.5. The maximum atomic E-state index is 14.1. The van der Waals surface area contributed by atoms with Gasteiger partial charge in [-0.3, -0.25) is 13.9 Å². The summed E-state index contributed by atoms with van der Waals surface area (Å²) in [5.74, 6) is -0.0241. The van der Waals surface area contributed by atoms with E-state index in [9.17, 15) is 18.0 Å². The number of sulfonamides is 1. The minimum atomic E-state index is -4.24. The third-order valence-corrected chi connectivity index (χ3v) is 8.33. The minimum Gasteiger partial charge on any atom is -0.497 e. The maximum absolute atomic E-state index is 14.1. The van der Waals surface area contributed by atoms with Gasteiger partial charge in [0.2, 0.25) is 11.8 Å². The van der Waals surface area contributed by atoms with Crippen LogP contribution >= 0.6 is 0 Å². The number of rotatable bonds is 13. The van der Waals surface area contributed by atoms with E-state index in [-0.39, 0.29) is 34.7 Å². The van der Waals surface area contributed by atoms with Gasteiger partial charge in [-0.25, -0.2) is 8.42 Å². The fourth-order valence-electron chi connectivity index (χ4n) is 4.27. The summed E-state index contributed by atoms with van der Waals surface area (Å²) >= 11 is 0. The smallest absolute Gasteiger partial charge is 0.264 e. The highest BCUT2D eigenvalue weighted by atomic mass is 32.2. The summed E-state index contributed by atoms with van der Waals surface area (Å²) in [5.41, 5.74) is 1.95. The van der Waals surface area contributed by atoms with E-state index in [0.29, 0.717) is 12.3 Å². The first-order valence-corrected chi connectivity index (χ1v) is 14.8. The molecule has 9 nitrogen and oxygen atoms in total. The lowest BCUT2D eigenvalue weighted by Crippen LogP contribution is -2.51. The van der Waals surface area contributed by atoms with E-state index < -0.39 is 28.5 Å². The highest BCUT2D eigenvalue weighted by Gasteiger charge is 2.34. The van der Waals surface area contributed by atoms with E-state index in [4.69, 9.17) is 9.47 Å². The van der Waals surface area contributed by atoms with Gasteiger partial charge in [-0.15, -0.1) is 0 Å². The number of amides is 2. The lowest BCUT2D eigenvalue weighted by molar-refractivity contribution is -0.139. The Labute approximate surface area is 243 Å². The molecule has 0 fully saturated rings. The number of nitrogens with one attached hydrogen (secondary N) is 1. The van der Waals surface area contributed by atoms with Gasteiger partial charge in [-0.1, -0.05) is 61.9 Å². The van der Waals surface area contributed by atoms with Crippen LogP contribution < -0.4 is 19.1 Å². The molecule has 1 unspecified atom stereocenters. The van der Waals surface area contributed by atoms with Crippen molar-refractivity contribution >= 4 is 27.5 Å². The number of methoxy groups -OCH3 is 2. The van der Waals surface area contributed by atoms with Crippen molar-refractivity contribution in [3.05, 3.63) is 83.9 Å². The number of nitrogens with zero attached hydrogens (tertiary/aromatic N) is 2. The Morgan fingerprint density at radius 2 is 1.61 bits per heavy atom. The number of carbonyl (C=O) groups excluding carboxylic acids is 2. The molecule has 0 heterocycles. The zero-order chi connectivity index (χ0) is 30.2. The number of hydrogen-bond acceptors (Lipinski definition) is 6. The first kappa shape index (κ1) is 31.5. The topological polar surface area (TPSA) is 105 Å². The van der Waals surface area contributed by atoms with Crippen LogP contribution in [0.15, 0.2) is 77.7 Å². The molecule has 0 aliphatic carbocycles. The standard InChI is InChI=1S/C31H39N3O6S/c1-22(2)19-32-31(36)24(4)33(20-25-12-10-11-23(3)17-25)30(35)21-34(41(37,38)27-13-8-7-9-14-27)28-18-26(39-5)15-16-29(28)40-6/h7-18,22,24H,19-21H2,1-6H3,(H,32,36). The summed E-state index contributed by atoms with van der Waals surface area (Å²) in [6.07, 6.45) is 0. The average Bonchev–Trinajstić information content (AvgIpc) is 2.96. The molecule has 0 aliphatic heterocycles. The van der Waals surface area contributed by atoms with Gasteiger partial charge in [0.25, 0.3) is 10.0 Å². The predicted molar refractivity (Wildman–Crippen MR) is 160 cm³/mol. The maximum Gasteiger partial charge on any atom is 0.264 e. The molecule has 41 heavy (non-hydrogen) atoms. The number of anilines is 1. The van der Waals surface area contributed by atoms with Crippen LogP contribution in [0.2, 0.25) is 0 Å². The molecule has 1 N–H and O–H groups in total. The van der Waals surface area contributed by atoms with E-state index in [1.54, 1.807) is 37.3 Å². The fraction of sp³-hybridized carbons (Fsp3) is 0.355. The summed E-state index contributed by atoms with van der Waals surface area (Å²) in [4.78, 5) is 28.6. The molecule has 0 saturated carbocycles. The zero-order valence-electron chi connectivity index (χ0n) is 24.5. The number of benzene rings is 3. The molecule has 0 radical (unpaired) electrons. The summed E-state index contributed by atoms with van der Waals surface area (Å²) < 4.78 is 39.9. The van der Waals surface area contributed by atoms with Crippen molar-refractivity contribution in [2.24, 2.45) is 5.92 Å². The van der Waals surface area contributed by atoms with Crippen molar-refractivity contribution in [1.29, 1.82) is 0 Å². The molecule has 10 heteroatoms. The van der Waals surface area contributed by atoms with Crippen LogP contribution in [0.4, 0.5) is 5.69 Å². The molecule has 2 amide bonds. The van der Waals surface area contributed by atoms with Crippen molar-refractivity contribution in [2.45, 2.75) is 45.2 Å². The van der Waals surface area contributed by atoms with Crippen LogP contribution in [0.25, 0.3) is 0 Å². The molecule has 0 bridgehead atoms. The van der Waals surface area contributed by atoms with Gasteiger partial charge in [0.15, 0.2) is 0 Å². The highest BCUT2D eigenvalue weighted by Crippen LogP contribution is 2.36. The van der Waals surface area contributed by atoms with Gasteiger partial charge >= 0.3 is 0 Å². The number of ether oxygens (including phenoxy) is 2.